The number of allylic oxidation sites excluding steroid dienone is 2. The van der Waals surface area contributed by atoms with Gasteiger partial charge in [-0.3, -0.25) is 0 Å². The Bertz CT molecular complexity index is 161. The van der Waals surface area contributed by atoms with Crippen LogP contribution in [-0.4, -0.2) is 6.29 Å². The molecule has 9 heavy (non-hydrogen) atoms. The molecule has 3 aliphatic carbocycles. The summed E-state index contributed by atoms with van der Waals surface area (Å²) >= 11 is 0. The summed E-state index contributed by atoms with van der Waals surface area (Å²) in [7, 11) is 0. The number of carbonyl (C=O) groups excluding carboxylic acids is 1. The molecule has 1 unspecified atom stereocenters. The third kappa shape index (κ3) is 0.716. The van der Waals surface area contributed by atoms with Crippen LogP contribution in [0.2, 0.25) is 0 Å². The van der Waals surface area contributed by atoms with Crippen molar-refractivity contribution in [2.24, 2.45) is 11.8 Å². The summed E-state index contributed by atoms with van der Waals surface area (Å²) < 4.78 is 0. The summed E-state index contributed by atoms with van der Waals surface area (Å²) in [4.78, 5) is 10.3. The molecule has 1 atom stereocenters. The van der Waals surface area contributed by atoms with Crippen LogP contribution in [0.1, 0.15) is 19.3 Å². The Balaban J connectivity index is 2.16. The number of hydrogen-bond acceptors (Lipinski definition) is 1. The van der Waals surface area contributed by atoms with Gasteiger partial charge in [0.15, 0.2) is 0 Å². The highest BCUT2D eigenvalue weighted by atomic mass is 16.1. The number of carbonyl (C=O) groups is 1. The first-order valence-corrected chi connectivity index (χ1v) is 3.53. The minimum Gasteiger partial charge on any atom is -0.303 e. The number of rotatable bonds is 1. The molecule has 0 amide bonds. The molecule has 0 radical (unpaired) electrons. The standard InChI is InChI=1S/C8H10O/c9-5-8-3-6-1-7(2-6)4-8/h3,5,7-8H,1-2,4H2. The number of aldehydes is 1. The summed E-state index contributed by atoms with van der Waals surface area (Å²) in [6, 6.07) is 0. The van der Waals surface area contributed by atoms with Crippen LogP contribution < -0.4 is 0 Å². The van der Waals surface area contributed by atoms with Crippen molar-refractivity contribution in [3.05, 3.63) is 11.6 Å². The van der Waals surface area contributed by atoms with Gasteiger partial charge >= 0.3 is 0 Å². The van der Waals surface area contributed by atoms with E-state index in [0.29, 0.717) is 0 Å². The van der Waals surface area contributed by atoms with E-state index in [1.165, 1.54) is 18.4 Å². The molecule has 3 rings (SSSR count). The highest BCUT2D eigenvalue weighted by molar-refractivity contribution is 5.58. The van der Waals surface area contributed by atoms with Crippen molar-refractivity contribution in [3.8, 4) is 0 Å². The summed E-state index contributed by atoms with van der Waals surface area (Å²) in [6.07, 6.45) is 6.90. The largest absolute Gasteiger partial charge is 0.303 e. The minimum atomic E-state index is 0.271. The van der Waals surface area contributed by atoms with Crippen LogP contribution in [0.15, 0.2) is 11.6 Å². The van der Waals surface area contributed by atoms with E-state index in [4.69, 9.17) is 0 Å². The molecule has 0 spiro atoms. The monoisotopic (exact) mass is 122 g/mol. The van der Waals surface area contributed by atoms with Gasteiger partial charge in [0.25, 0.3) is 0 Å². The van der Waals surface area contributed by atoms with Crippen LogP contribution in [0.5, 0.6) is 0 Å². The Morgan fingerprint density at radius 3 is 2.67 bits per heavy atom. The van der Waals surface area contributed by atoms with E-state index >= 15 is 0 Å². The summed E-state index contributed by atoms with van der Waals surface area (Å²) in [5.41, 5.74) is 1.52. The van der Waals surface area contributed by atoms with Crippen LogP contribution in [0.25, 0.3) is 0 Å². The van der Waals surface area contributed by atoms with Gasteiger partial charge in [-0.25, -0.2) is 0 Å². The fraction of sp³-hybridized carbons (Fsp3) is 0.625. The fourth-order valence-corrected chi connectivity index (χ4v) is 1.84. The van der Waals surface area contributed by atoms with E-state index in [-0.39, 0.29) is 5.92 Å². The van der Waals surface area contributed by atoms with Gasteiger partial charge in [0, 0.05) is 5.92 Å². The van der Waals surface area contributed by atoms with Gasteiger partial charge < -0.3 is 4.79 Å². The van der Waals surface area contributed by atoms with Crippen LogP contribution in [0.3, 0.4) is 0 Å². The van der Waals surface area contributed by atoms with Gasteiger partial charge in [-0.1, -0.05) is 11.6 Å². The zero-order valence-corrected chi connectivity index (χ0v) is 5.34. The van der Waals surface area contributed by atoms with E-state index in [1.807, 2.05) is 0 Å². The maximum absolute atomic E-state index is 10.3. The predicted octanol–water partition coefficient (Wildman–Crippen LogP) is 1.54. The van der Waals surface area contributed by atoms with Gasteiger partial charge in [-0.05, 0) is 25.2 Å². The normalized spacial score (nSPS) is 38.9. The second-order valence-corrected chi connectivity index (χ2v) is 3.13. The Labute approximate surface area is 54.8 Å². The van der Waals surface area contributed by atoms with Crippen molar-refractivity contribution in [1.82, 2.24) is 0 Å². The maximum atomic E-state index is 10.3. The van der Waals surface area contributed by atoms with Crippen LogP contribution in [-0.2, 0) is 4.79 Å². The summed E-state index contributed by atoms with van der Waals surface area (Å²) in [5, 5.41) is 0. The summed E-state index contributed by atoms with van der Waals surface area (Å²) in [5.74, 6) is 1.13. The Kier molecular flexibility index (Phi) is 0.981. The Hall–Kier alpha value is -0.590. The van der Waals surface area contributed by atoms with Gasteiger partial charge in [-0.2, -0.15) is 0 Å². The van der Waals surface area contributed by atoms with Crippen molar-refractivity contribution in [2.75, 3.05) is 0 Å². The predicted molar refractivity (Wildman–Crippen MR) is 35.0 cm³/mol. The lowest BCUT2D eigenvalue weighted by Gasteiger charge is -2.36. The Morgan fingerprint density at radius 1 is 1.56 bits per heavy atom. The molecule has 0 heterocycles. The molecular weight excluding hydrogens is 112 g/mol. The topological polar surface area (TPSA) is 17.1 Å². The first-order chi connectivity index (χ1) is 4.38. The average molecular weight is 122 g/mol. The fourth-order valence-electron chi connectivity index (χ4n) is 1.84. The third-order valence-corrected chi connectivity index (χ3v) is 2.33. The molecule has 0 aliphatic heterocycles. The molecule has 0 aromatic heterocycles. The molecule has 48 valence electrons. The molecular formula is C8H10O. The molecule has 0 aromatic carbocycles. The van der Waals surface area contributed by atoms with Crippen molar-refractivity contribution in [1.29, 1.82) is 0 Å². The lowest BCUT2D eigenvalue weighted by molar-refractivity contribution is -0.110. The van der Waals surface area contributed by atoms with Gasteiger partial charge in [0.2, 0.25) is 0 Å². The van der Waals surface area contributed by atoms with Crippen molar-refractivity contribution in [2.45, 2.75) is 19.3 Å². The molecule has 1 saturated carbocycles. The minimum absolute atomic E-state index is 0.271. The van der Waals surface area contributed by atoms with Crippen molar-refractivity contribution in [3.63, 3.8) is 0 Å². The van der Waals surface area contributed by atoms with E-state index in [1.54, 1.807) is 0 Å². The molecule has 1 heteroatoms. The molecule has 2 bridgehead atoms. The van der Waals surface area contributed by atoms with E-state index in [0.717, 1.165) is 18.6 Å². The first-order valence-electron chi connectivity index (χ1n) is 3.53. The van der Waals surface area contributed by atoms with E-state index < -0.39 is 0 Å². The highest BCUT2D eigenvalue weighted by Gasteiger charge is 2.30. The third-order valence-electron chi connectivity index (χ3n) is 2.33. The SMILES string of the molecule is O=CC1C=C2CC(C2)C1. The number of fused-ring (bicyclic) bond motifs is 2. The highest BCUT2D eigenvalue weighted by Crippen LogP contribution is 2.42. The lowest BCUT2D eigenvalue weighted by atomic mass is 9.69. The maximum Gasteiger partial charge on any atom is 0.126 e. The van der Waals surface area contributed by atoms with Crippen LogP contribution >= 0.6 is 0 Å². The molecule has 0 saturated heterocycles. The van der Waals surface area contributed by atoms with Crippen molar-refractivity contribution < 1.29 is 4.79 Å². The lowest BCUT2D eigenvalue weighted by Crippen LogP contribution is -2.24. The second kappa shape index (κ2) is 1.69. The van der Waals surface area contributed by atoms with Gasteiger partial charge in [-0.15, -0.1) is 0 Å². The number of hydrogen-bond donors (Lipinski definition) is 0. The van der Waals surface area contributed by atoms with Gasteiger partial charge in [0.05, 0.1) is 0 Å². The van der Waals surface area contributed by atoms with Crippen LogP contribution in [0.4, 0.5) is 0 Å². The molecule has 0 N–H and O–H groups in total. The first kappa shape index (κ1) is 5.21. The van der Waals surface area contributed by atoms with Crippen LogP contribution in [0, 0.1) is 11.8 Å². The zero-order valence-electron chi connectivity index (χ0n) is 5.34. The Morgan fingerprint density at radius 2 is 2.33 bits per heavy atom. The van der Waals surface area contributed by atoms with Gasteiger partial charge in [0.1, 0.15) is 6.29 Å². The molecule has 1 fully saturated rings. The van der Waals surface area contributed by atoms with Crippen molar-refractivity contribution >= 4 is 6.29 Å². The summed E-state index contributed by atoms with van der Waals surface area (Å²) in [6.45, 7) is 0. The van der Waals surface area contributed by atoms with E-state index in [2.05, 4.69) is 6.08 Å². The zero-order chi connectivity index (χ0) is 6.27. The molecule has 1 nitrogen and oxygen atoms in total. The molecule has 0 aromatic rings. The van der Waals surface area contributed by atoms with E-state index in [9.17, 15) is 4.79 Å². The smallest absolute Gasteiger partial charge is 0.126 e. The molecule has 3 aliphatic rings. The second-order valence-electron chi connectivity index (χ2n) is 3.13. The quantitative estimate of drug-likeness (QED) is 0.381. The average Bonchev–Trinajstić information content (AvgIpc) is 1.87.